The minimum absolute atomic E-state index is 0.0449. The summed E-state index contributed by atoms with van der Waals surface area (Å²) in [6, 6.07) is 2.59. The number of aromatic nitrogens is 2. The van der Waals surface area contributed by atoms with Crippen molar-refractivity contribution in [1.29, 1.82) is 0 Å². The molecule has 0 aromatic carbocycles. The third-order valence-corrected chi connectivity index (χ3v) is 8.74. The Hall–Kier alpha value is -2.07. The van der Waals surface area contributed by atoms with Crippen LogP contribution in [-0.4, -0.2) is 74.6 Å². The van der Waals surface area contributed by atoms with Gasteiger partial charge >= 0.3 is 0 Å². The zero-order chi connectivity index (χ0) is 23.8. The molecule has 2 saturated heterocycles. The van der Waals surface area contributed by atoms with Crippen LogP contribution in [0.2, 0.25) is 0 Å². The Kier molecular flexibility index (Phi) is 6.88. The number of hydrogen-bond acceptors (Lipinski definition) is 7. The second kappa shape index (κ2) is 9.89. The van der Waals surface area contributed by atoms with E-state index < -0.39 is 18.2 Å². The van der Waals surface area contributed by atoms with Gasteiger partial charge in [-0.1, -0.05) is 19.3 Å². The molecule has 2 aliphatic heterocycles. The molecule has 2 amide bonds. The molecule has 0 spiro atoms. The Morgan fingerprint density at radius 2 is 2.12 bits per heavy atom. The Morgan fingerprint density at radius 1 is 1.32 bits per heavy atom. The van der Waals surface area contributed by atoms with E-state index in [4.69, 9.17) is 16.3 Å². The number of hydrogen-bond donors (Lipinski definition) is 2. The van der Waals surface area contributed by atoms with Crippen LogP contribution in [0, 0.1) is 12.8 Å². The van der Waals surface area contributed by atoms with Gasteiger partial charge in [0.05, 0.1) is 29.8 Å². The number of likely N-dealkylation sites (tertiary alicyclic amines) is 1. The molecule has 0 unspecified atom stereocenters. The highest BCUT2D eigenvalue weighted by atomic mass is 35.5. The van der Waals surface area contributed by atoms with Gasteiger partial charge in [0.15, 0.2) is 0 Å². The number of amides is 2. The average molecular weight is 505 g/mol. The molecule has 10 heteroatoms. The number of carbonyl (C=O) groups is 2. The lowest BCUT2D eigenvalue weighted by molar-refractivity contribution is -0.137. The van der Waals surface area contributed by atoms with E-state index in [2.05, 4.69) is 15.3 Å². The van der Waals surface area contributed by atoms with Crippen molar-refractivity contribution in [2.24, 2.45) is 5.92 Å². The molecule has 5 rings (SSSR count). The van der Waals surface area contributed by atoms with Crippen LogP contribution in [0.5, 0.6) is 0 Å². The number of nitrogens with one attached hydrogen (secondary N) is 1. The van der Waals surface area contributed by atoms with Crippen molar-refractivity contribution in [3.05, 3.63) is 35.1 Å². The first-order valence-corrected chi connectivity index (χ1v) is 13.1. The molecule has 1 saturated carbocycles. The standard InChI is InChI=1S/C24H29ClN4O4S/c1-13-21(34-23(27-13)15-8-5-9-26-10-15)22(31)28-18(14-6-3-2-4-7-14)24(32)29-11-16(25)20-19(29)17(30)12-33-20/h5,8-10,14,16-20,30H,2-4,6-7,11-12H2,1H3,(H,28,31)/t16-,17-,18-,19+,20+/m0/s1. The monoisotopic (exact) mass is 504 g/mol. The maximum atomic E-state index is 13.8. The van der Waals surface area contributed by atoms with Crippen molar-refractivity contribution in [3.8, 4) is 10.6 Å². The number of ether oxygens (including phenoxy) is 1. The number of carbonyl (C=O) groups excluding carboxylic acids is 2. The van der Waals surface area contributed by atoms with E-state index in [-0.39, 0.29) is 35.8 Å². The Balaban J connectivity index is 1.39. The van der Waals surface area contributed by atoms with Crippen molar-refractivity contribution >= 4 is 34.8 Å². The van der Waals surface area contributed by atoms with Crippen LogP contribution in [0.15, 0.2) is 24.5 Å². The molecular formula is C24H29ClN4O4S. The number of aryl methyl sites for hydroxylation is 1. The Morgan fingerprint density at radius 3 is 2.85 bits per heavy atom. The SMILES string of the molecule is Cc1nc(-c2cccnc2)sc1C(=O)N[C@H](C(=O)N1C[C@H](Cl)[C@H]2OC[C@H](O)[C@H]21)C1CCCCC1. The van der Waals surface area contributed by atoms with E-state index in [1.807, 2.05) is 12.1 Å². The van der Waals surface area contributed by atoms with Crippen molar-refractivity contribution in [2.45, 2.75) is 68.7 Å². The molecule has 1 aliphatic carbocycles. The van der Waals surface area contributed by atoms with Crippen LogP contribution < -0.4 is 5.32 Å². The molecule has 0 radical (unpaired) electrons. The lowest BCUT2D eigenvalue weighted by Crippen LogP contribution is -2.56. The van der Waals surface area contributed by atoms with Crippen molar-refractivity contribution in [2.75, 3.05) is 13.2 Å². The van der Waals surface area contributed by atoms with Crippen LogP contribution in [0.1, 0.15) is 47.5 Å². The number of fused-ring (bicyclic) bond motifs is 1. The van der Waals surface area contributed by atoms with E-state index >= 15 is 0 Å². The number of thiazole rings is 1. The normalized spacial score (nSPS) is 28.0. The van der Waals surface area contributed by atoms with Crippen LogP contribution in [0.25, 0.3) is 10.6 Å². The number of nitrogens with zero attached hydrogens (tertiary/aromatic N) is 3. The third kappa shape index (κ3) is 4.46. The molecule has 2 aromatic heterocycles. The summed E-state index contributed by atoms with van der Waals surface area (Å²) in [5.41, 5.74) is 1.47. The second-order valence-corrected chi connectivity index (χ2v) is 10.9. The van der Waals surface area contributed by atoms with Gasteiger partial charge in [0.25, 0.3) is 5.91 Å². The number of pyridine rings is 1. The van der Waals surface area contributed by atoms with Crippen LogP contribution in [0.4, 0.5) is 0 Å². The molecule has 4 heterocycles. The molecule has 3 aliphatic rings. The summed E-state index contributed by atoms with van der Waals surface area (Å²) in [6.45, 7) is 2.27. The summed E-state index contributed by atoms with van der Waals surface area (Å²) >= 11 is 7.76. The molecule has 0 bridgehead atoms. The third-order valence-electron chi connectivity index (χ3n) is 7.15. The molecule has 3 fully saturated rings. The van der Waals surface area contributed by atoms with E-state index in [1.54, 1.807) is 24.2 Å². The van der Waals surface area contributed by atoms with Crippen molar-refractivity contribution < 1.29 is 19.4 Å². The van der Waals surface area contributed by atoms with Crippen LogP contribution in [0.3, 0.4) is 0 Å². The van der Waals surface area contributed by atoms with Gasteiger partial charge in [0.1, 0.15) is 22.0 Å². The van der Waals surface area contributed by atoms with Crippen LogP contribution >= 0.6 is 22.9 Å². The first-order chi connectivity index (χ1) is 16.4. The maximum absolute atomic E-state index is 13.8. The van der Waals surface area contributed by atoms with Gasteiger partial charge in [0.2, 0.25) is 5.91 Å². The zero-order valence-corrected chi connectivity index (χ0v) is 20.6. The van der Waals surface area contributed by atoms with Gasteiger partial charge in [0, 0.05) is 24.5 Å². The van der Waals surface area contributed by atoms with Gasteiger partial charge < -0.3 is 20.1 Å². The number of aliphatic hydroxyl groups excluding tert-OH is 1. The summed E-state index contributed by atoms with van der Waals surface area (Å²) in [7, 11) is 0. The molecule has 8 nitrogen and oxygen atoms in total. The summed E-state index contributed by atoms with van der Waals surface area (Å²) in [5.74, 6) is -0.434. The first kappa shape index (κ1) is 23.7. The average Bonchev–Trinajstić information content (AvgIpc) is 3.53. The molecule has 2 N–H and O–H groups in total. The molecule has 5 atom stereocenters. The Bertz CT molecular complexity index is 1040. The van der Waals surface area contributed by atoms with Crippen molar-refractivity contribution in [3.63, 3.8) is 0 Å². The van der Waals surface area contributed by atoms with Gasteiger partial charge in [-0.15, -0.1) is 22.9 Å². The highest BCUT2D eigenvalue weighted by molar-refractivity contribution is 7.17. The molecule has 34 heavy (non-hydrogen) atoms. The first-order valence-electron chi connectivity index (χ1n) is 11.9. The summed E-state index contributed by atoms with van der Waals surface area (Å²) in [6.07, 6.45) is 7.22. The summed E-state index contributed by atoms with van der Waals surface area (Å²) in [4.78, 5) is 38.1. The summed E-state index contributed by atoms with van der Waals surface area (Å²) < 4.78 is 5.64. The van der Waals surface area contributed by atoms with Gasteiger partial charge in [-0.25, -0.2) is 4.98 Å². The molecule has 182 valence electrons. The van der Waals surface area contributed by atoms with E-state index in [9.17, 15) is 14.7 Å². The van der Waals surface area contributed by atoms with Crippen molar-refractivity contribution in [1.82, 2.24) is 20.2 Å². The lowest BCUT2D eigenvalue weighted by Gasteiger charge is -2.35. The predicted octanol–water partition coefficient (Wildman–Crippen LogP) is 2.77. The predicted molar refractivity (Wildman–Crippen MR) is 129 cm³/mol. The van der Waals surface area contributed by atoms with Gasteiger partial charge in [-0.2, -0.15) is 0 Å². The van der Waals surface area contributed by atoms with E-state index in [1.165, 1.54) is 11.3 Å². The Labute approximate surface area is 207 Å². The largest absolute Gasteiger partial charge is 0.388 e. The number of aliphatic hydroxyl groups is 1. The number of rotatable bonds is 5. The highest BCUT2D eigenvalue weighted by Gasteiger charge is 2.53. The van der Waals surface area contributed by atoms with E-state index in [0.717, 1.165) is 42.7 Å². The van der Waals surface area contributed by atoms with E-state index in [0.29, 0.717) is 17.1 Å². The fourth-order valence-electron chi connectivity index (χ4n) is 5.43. The number of halogens is 1. The molecule has 2 aromatic rings. The summed E-state index contributed by atoms with van der Waals surface area (Å²) in [5, 5.41) is 13.9. The number of alkyl halides is 1. The maximum Gasteiger partial charge on any atom is 0.263 e. The highest BCUT2D eigenvalue weighted by Crippen LogP contribution is 2.35. The minimum Gasteiger partial charge on any atom is -0.388 e. The fourth-order valence-corrected chi connectivity index (χ4v) is 6.76. The van der Waals surface area contributed by atoms with Crippen LogP contribution in [-0.2, 0) is 9.53 Å². The topological polar surface area (TPSA) is 105 Å². The fraction of sp³-hybridized carbons (Fsp3) is 0.583. The van der Waals surface area contributed by atoms with Gasteiger partial charge in [-0.05, 0) is 37.8 Å². The minimum atomic E-state index is -0.772. The molecular weight excluding hydrogens is 476 g/mol. The zero-order valence-electron chi connectivity index (χ0n) is 19.0. The second-order valence-electron chi connectivity index (χ2n) is 9.39. The van der Waals surface area contributed by atoms with Gasteiger partial charge in [-0.3, -0.25) is 14.6 Å². The smallest absolute Gasteiger partial charge is 0.263 e. The quantitative estimate of drug-likeness (QED) is 0.607. The lowest BCUT2D eigenvalue weighted by atomic mass is 9.83.